The van der Waals surface area contributed by atoms with Crippen LogP contribution in [0.2, 0.25) is 0 Å². The number of anilines is 1. The van der Waals surface area contributed by atoms with E-state index in [2.05, 4.69) is 20.5 Å². The first kappa shape index (κ1) is 20.6. The van der Waals surface area contributed by atoms with Crippen LogP contribution < -0.4 is 10.1 Å². The number of benzene rings is 1. The van der Waals surface area contributed by atoms with Crippen LogP contribution in [0.25, 0.3) is 11.4 Å². The Balaban J connectivity index is 1.44. The summed E-state index contributed by atoms with van der Waals surface area (Å²) in [5.41, 5.74) is 3.37. The highest BCUT2D eigenvalue weighted by Crippen LogP contribution is 2.27. The van der Waals surface area contributed by atoms with Crippen molar-refractivity contribution in [2.24, 2.45) is 5.92 Å². The molecule has 0 aliphatic carbocycles. The van der Waals surface area contributed by atoms with Crippen LogP contribution in [0.15, 0.2) is 48.7 Å². The molecule has 3 heterocycles. The van der Waals surface area contributed by atoms with Gasteiger partial charge in [-0.05, 0) is 55.7 Å². The molecule has 0 unspecified atom stereocenters. The number of carbonyl (C=O) groups is 2. The van der Waals surface area contributed by atoms with Crippen molar-refractivity contribution < 1.29 is 14.3 Å². The monoisotopic (exact) mass is 419 g/mol. The topological polar surface area (TPSA) is 100 Å². The van der Waals surface area contributed by atoms with E-state index in [4.69, 9.17) is 4.74 Å². The molecule has 2 aromatic heterocycles. The Morgan fingerprint density at radius 3 is 2.84 bits per heavy atom. The Morgan fingerprint density at radius 1 is 1.19 bits per heavy atom. The maximum atomic E-state index is 13.0. The second-order valence-electron chi connectivity index (χ2n) is 7.67. The minimum atomic E-state index is -0.291. The van der Waals surface area contributed by atoms with Crippen LogP contribution in [0.3, 0.4) is 0 Å². The summed E-state index contributed by atoms with van der Waals surface area (Å²) in [5, 5.41) is 9.99. The van der Waals surface area contributed by atoms with Crippen molar-refractivity contribution >= 4 is 17.5 Å². The third-order valence-electron chi connectivity index (χ3n) is 5.43. The van der Waals surface area contributed by atoms with Crippen LogP contribution >= 0.6 is 0 Å². The number of nitrogens with zero attached hydrogens (tertiary/aromatic N) is 3. The SMILES string of the molecule is COc1ccc(C)cc1NC(=O)[C@H]1CCCN(C(=O)c2cc(-c3ccccn3)n[nH]2)C1. The van der Waals surface area contributed by atoms with Crippen LogP contribution in [0, 0.1) is 12.8 Å². The van der Waals surface area contributed by atoms with Crippen molar-refractivity contribution in [2.75, 3.05) is 25.5 Å². The maximum Gasteiger partial charge on any atom is 0.271 e. The normalized spacial score (nSPS) is 16.1. The average molecular weight is 419 g/mol. The van der Waals surface area contributed by atoms with Gasteiger partial charge in [0.2, 0.25) is 5.91 Å². The van der Waals surface area contributed by atoms with Gasteiger partial charge in [-0.2, -0.15) is 5.10 Å². The second kappa shape index (κ2) is 8.99. The van der Waals surface area contributed by atoms with E-state index in [-0.39, 0.29) is 17.7 Å². The standard InChI is InChI=1S/C23H25N5O3/c1-15-8-9-21(31-2)19(12-15)25-22(29)16-6-5-11-28(14-16)23(30)20-13-18(26-27-20)17-7-3-4-10-24-17/h3-4,7-10,12-13,16H,5-6,11,14H2,1-2H3,(H,25,29)(H,26,27)/t16-/m0/s1. The van der Waals surface area contributed by atoms with Crippen molar-refractivity contribution in [1.82, 2.24) is 20.1 Å². The Hall–Kier alpha value is -3.68. The van der Waals surface area contributed by atoms with Gasteiger partial charge in [0.25, 0.3) is 5.91 Å². The first-order valence-electron chi connectivity index (χ1n) is 10.3. The number of ether oxygens (including phenoxy) is 1. The fourth-order valence-corrected chi connectivity index (χ4v) is 3.78. The third-order valence-corrected chi connectivity index (χ3v) is 5.43. The Labute approximate surface area is 180 Å². The molecule has 160 valence electrons. The lowest BCUT2D eigenvalue weighted by Crippen LogP contribution is -2.43. The number of hydrogen-bond acceptors (Lipinski definition) is 5. The van der Waals surface area contributed by atoms with Crippen molar-refractivity contribution in [3.05, 3.63) is 59.9 Å². The van der Waals surface area contributed by atoms with Gasteiger partial charge in [0.15, 0.2) is 0 Å². The smallest absolute Gasteiger partial charge is 0.271 e. The quantitative estimate of drug-likeness (QED) is 0.661. The number of piperidine rings is 1. The van der Waals surface area contributed by atoms with Gasteiger partial charge in [0.1, 0.15) is 17.1 Å². The molecule has 4 rings (SSSR count). The van der Waals surface area contributed by atoms with E-state index < -0.39 is 0 Å². The molecule has 2 amide bonds. The molecule has 0 spiro atoms. The molecule has 1 fully saturated rings. The molecule has 0 radical (unpaired) electrons. The number of hydrogen-bond donors (Lipinski definition) is 2. The Kier molecular flexibility index (Phi) is 5.97. The second-order valence-corrected chi connectivity index (χ2v) is 7.67. The van der Waals surface area contributed by atoms with Crippen LogP contribution in [0.5, 0.6) is 5.75 Å². The predicted octanol–water partition coefficient (Wildman–Crippen LogP) is 3.28. The molecule has 8 nitrogen and oxygen atoms in total. The van der Waals surface area contributed by atoms with E-state index in [1.54, 1.807) is 24.3 Å². The molecular weight excluding hydrogens is 394 g/mol. The van der Waals surface area contributed by atoms with Crippen LogP contribution in [-0.2, 0) is 4.79 Å². The largest absolute Gasteiger partial charge is 0.495 e. The number of nitrogens with one attached hydrogen (secondary N) is 2. The number of pyridine rings is 1. The van der Waals surface area contributed by atoms with Gasteiger partial charge in [-0.3, -0.25) is 19.7 Å². The van der Waals surface area contributed by atoms with Gasteiger partial charge in [-0.25, -0.2) is 0 Å². The van der Waals surface area contributed by atoms with Crippen LogP contribution in [-0.4, -0.2) is 52.1 Å². The number of aromatic nitrogens is 3. The minimum Gasteiger partial charge on any atom is -0.495 e. The molecule has 1 aromatic carbocycles. The molecule has 1 saturated heterocycles. The lowest BCUT2D eigenvalue weighted by Gasteiger charge is -2.31. The van der Waals surface area contributed by atoms with Gasteiger partial charge in [-0.1, -0.05) is 12.1 Å². The number of methoxy groups -OCH3 is 1. The van der Waals surface area contributed by atoms with Gasteiger partial charge in [0, 0.05) is 19.3 Å². The molecule has 31 heavy (non-hydrogen) atoms. The summed E-state index contributed by atoms with van der Waals surface area (Å²) in [7, 11) is 1.57. The summed E-state index contributed by atoms with van der Waals surface area (Å²) in [5.74, 6) is 0.0452. The van der Waals surface area contributed by atoms with Crippen molar-refractivity contribution in [2.45, 2.75) is 19.8 Å². The van der Waals surface area contributed by atoms with E-state index in [1.165, 1.54) is 0 Å². The number of H-pyrrole nitrogens is 1. The molecule has 1 aliphatic rings. The third kappa shape index (κ3) is 4.58. The van der Waals surface area contributed by atoms with Gasteiger partial charge in [-0.15, -0.1) is 0 Å². The predicted molar refractivity (Wildman–Crippen MR) is 117 cm³/mol. The fraction of sp³-hybridized carbons (Fsp3) is 0.304. The summed E-state index contributed by atoms with van der Waals surface area (Å²) in [6.45, 7) is 2.92. The Morgan fingerprint density at radius 2 is 2.06 bits per heavy atom. The van der Waals surface area contributed by atoms with Gasteiger partial charge >= 0.3 is 0 Å². The molecular formula is C23H25N5O3. The number of amides is 2. The first-order valence-corrected chi connectivity index (χ1v) is 10.3. The molecule has 8 heteroatoms. The average Bonchev–Trinajstić information content (AvgIpc) is 3.30. The van der Waals surface area contributed by atoms with Gasteiger partial charge < -0.3 is 15.0 Å². The van der Waals surface area contributed by atoms with Crippen molar-refractivity contribution in [3.8, 4) is 17.1 Å². The summed E-state index contributed by atoms with van der Waals surface area (Å²) < 4.78 is 5.35. The number of likely N-dealkylation sites (tertiary alicyclic amines) is 1. The van der Waals surface area contributed by atoms with Crippen LogP contribution in [0.4, 0.5) is 5.69 Å². The van der Waals surface area contributed by atoms with Crippen LogP contribution in [0.1, 0.15) is 28.9 Å². The summed E-state index contributed by atoms with van der Waals surface area (Å²) in [6.07, 6.45) is 3.17. The molecule has 2 N–H and O–H groups in total. The van der Waals surface area contributed by atoms with Crippen molar-refractivity contribution in [1.29, 1.82) is 0 Å². The number of rotatable bonds is 5. The lowest BCUT2D eigenvalue weighted by molar-refractivity contribution is -0.121. The molecule has 3 aromatic rings. The Bertz CT molecular complexity index is 1080. The summed E-state index contributed by atoms with van der Waals surface area (Å²) in [4.78, 5) is 31.9. The maximum absolute atomic E-state index is 13.0. The zero-order valence-corrected chi connectivity index (χ0v) is 17.6. The van der Waals surface area contributed by atoms with Crippen molar-refractivity contribution in [3.63, 3.8) is 0 Å². The zero-order chi connectivity index (χ0) is 21.8. The zero-order valence-electron chi connectivity index (χ0n) is 17.6. The van der Waals surface area contributed by atoms with E-state index >= 15 is 0 Å². The number of aryl methyl sites for hydroxylation is 1. The highest BCUT2D eigenvalue weighted by Gasteiger charge is 2.30. The highest BCUT2D eigenvalue weighted by molar-refractivity contribution is 5.96. The fourth-order valence-electron chi connectivity index (χ4n) is 3.78. The van der Waals surface area contributed by atoms with E-state index in [0.29, 0.717) is 41.6 Å². The molecule has 1 atom stereocenters. The number of aromatic amines is 1. The minimum absolute atomic E-state index is 0.111. The summed E-state index contributed by atoms with van der Waals surface area (Å²) in [6, 6.07) is 12.9. The first-order chi connectivity index (χ1) is 15.0. The number of carbonyl (C=O) groups excluding carboxylic acids is 2. The molecule has 1 aliphatic heterocycles. The lowest BCUT2D eigenvalue weighted by atomic mass is 9.96. The van der Waals surface area contributed by atoms with Gasteiger partial charge in [0.05, 0.1) is 24.4 Å². The van der Waals surface area contributed by atoms with E-state index in [0.717, 1.165) is 18.4 Å². The highest BCUT2D eigenvalue weighted by atomic mass is 16.5. The molecule has 0 saturated carbocycles. The van der Waals surface area contributed by atoms with E-state index in [9.17, 15) is 9.59 Å². The van der Waals surface area contributed by atoms with E-state index in [1.807, 2.05) is 43.3 Å². The summed E-state index contributed by atoms with van der Waals surface area (Å²) >= 11 is 0. The molecule has 0 bridgehead atoms.